The van der Waals surface area contributed by atoms with Crippen molar-refractivity contribution < 1.29 is 9.59 Å². The first kappa shape index (κ1) is 19.9. The molecule has 152 valence electrons. The van der Waals surface area contributed by atoms with Crippen LogP contribution in [0.4, 0.5) is 5.69 Å². The van der Waals surface area contributed by atoms with Crippen molar-refractivity contribution in [3.63, 3.8) is 0 Å². The Morgan fingerprint density at radius 3 is 1.67 bits per heavy atom. The van der Waals surface area contributed by atoms with E-state index in [0.29, 0.717) is 25.9 Å². The summed E-state index contributed by atoms with van der Waals surface area (Å²) in [7, 11) is 1.78. The van der Waals surface area contributed by atoms with Crippen LogP contribution >= 0.6 is 0 Å². The van der Waals surface area contributed by atoms with Gasteiger partial charge in [-0.25, -0.2) is 0 Å². The first-order valence-corrected chi connectivity index (χ1v) is 10.3. The number of carbonyl (C=O) groups excluding carboxylic acids is 2. The van der Waals surface area contributed by atoms with E-state index in [2.05, 4.69) is 0 Å². The number of nitrogens with zero attached hydrogens (tertiary/aromatic N) is 2. The third-order valence-electron chi connectivity index (χ3n) is 5.67. The first-order chi connectivity index (χ1) is 14.6. The molecule has 0 aromatic heterocycles. The minimum absolute atomic E-state index is 0.0923. The largest absolute Gasteiger partial charge is 0.340 e. The normalized spacial score (nSPS) is 14.0. The van der Waals surface area contributed by atoms with Crippen LogP contribution in [0.5, 0.6) is 0 Å². The number of rotatable bonds is 7. The molecule has 0 spiro atoms. The zero-order valence-electron chi connectivity index (χ0n) is 17.2. The molecule has 3 aromatic rings. The van der Waals surface area contributed by atoms with E-state index in [0.717, 1.165) is 16.8 Å². The molecule has 0 aliphatic heterocycles. The maximum Gasteiger partial charge on any atom is 0.242 e. The quantitative estimate of drug-likeness (QED) is 0.543. The first-order valence-electron chi connectivity index (χ1n) is 10.3. The Morgan fingerprint density at radius 1 is 0.700 bits per heavy atom. The standard InChI is InChI=1S/C26H26N2O2/c1-27(19-21-11-5-2-6-12-21)24(29)26(17-18-26)25(30)28(23-15-9-4-10-16-23)20-22-13-7-3-8-14-22/h2-16H,17-20H2,1H3. The number of amides is 2. The zero-order chi connectivity index (χ0) is 21.0. The average Bonchev–Trinajstić information content (AvgIpc) is 3.60. The van der Waals surface area contributed by atoms with Crippen molar-refractivity contribution in [1.82, 2.24) is 4.90 Å². The van der Waals surface area contributed by atoms with Crippen LogP contribution in [0.15, 0.2) is 91.0 Å². The Bertz CT molecular complexity index is 999. The van der Waals surface area contributed by atoms with E-state index in [1.165, 1.54) is 0 Å². The van der Waals surface area contributed by atoms with E-state index in [4.69, 9.17) is 0 Å². The maximum absolute atomic E-state index is 13.7. The van der Waals surface area contributed by atoms with Crippen LogP contribution in [-0.4, -0.2) is 23.8 Å². The smallest absolute Gasteiger partial charge is 0.242 e. The molecule has 0 heterocycles. The summed E-state index contributed by atoms with van der Waals surface area (Å²) in [5, 5.41) is 0. The minimum atomic E-state index is -0.950. The van der Waals surface area contributed by atoms with Crippen LogP contribution in [0.25, 0.3) is 0 Å². The molecule has 2 amide bonds. The summed E-state index contributed by atoms with van der Waals surface area (Å²) in [6, 6.07) is 29.4. The molecule has 4 rings (SSSR count). The van der Waals surface area contributed by atoms with Gasteiger partial charge in [-0.1, -0.05) is 78.9 Å². The number of hydrogen-bond acceptors (Lipinski definition) is 2. The molecular weight excluding hydrogens is 372 g/mol. The predicted molar refractivity (Wildman–Crippen MR) is 119 cm³/mol. The fourth-order valence-corrected chi connectivity index (χ4v) is 3.85. The lowest BCUT2D eigenvalue weighted by molar-refractivity contribution is -0.142. The molecule has 0 N–H and O–H groups in total. The van der Waals surface area contributed by atoms with Gasteiger partial charge in [0.05, 0.1) is 6.54 Å². The molecule has 1 aliphatic carbocycles. The summed E-state index contributed by atoms with van der Waals surface area (Å²) in [5.74, 6) is -0.201. The van der Waals surface area contributed by atoms with E-state index in [-0.39, 0.29) is 11.8 Å². The van der Waals surface area contributed by atoms with Gasteiger partial charge in [0.25, 0.3) is 0 Å². The third-order valence-corrected chi connectivity index (χ3v) is 5.67. The lowest BCUT2D eigenvalue weighted by Gasteiger charge is -2.29. The summed E-state index contributed by atoms with van der Waals surface area (Å²) in [6.45, 7) is 0.944. The average molecular weight is 399 g/mol. The van der Waals surface area contributed by atoms with Crippen molar-refractivity contribution in [2.75, 3.05) is 11.9 Å². The topological polar surface area (TPSA) is 40.6 Å². The van der Waals surface area contributed by atoms with Gasteiger partial charge in [0, 0.05) is 19.3 Å². The van der Waals surface area contributed by atoms with Gasteiger partial charge in [-0.15, -0.1) is 0 Å². The van der Waals surface area contributed by atoms with Crippen LogP contribution in [0, 0.1) is 5.41 Å². The molecule has 3 aromatic carbocycles. The monoisotopic (exact) mass is 398 g/mol. The minimum Gasteiger partial charge on any atom is -0.340 e. The van der Waals surface area contributed by atoms with Gasteiger partial charge >= 0.3 is 0 Å². The second-order valence-electron chi connectivity index (χ2n) is 7.94. The molecule has 4 heteroatoms. The lowest BCUT2D eigenvalue weighted by Crippen LogP contribution is -2.45. The lowest BCUT2D eigenvalue weighted by atomic mass is 10.0. The van der Waals surface area contributed by atoms with E-state index in [1.54, 1.807) is 16.8 Å². The van der Waals surface area contributed by atoms with Crippen molar-refractivity contribution in [3.8, 4) is 0 Å². The summed E-state index contributed by atoms with van der Waals surface area (Å²) in [4.78, 5) is 30.5. The highest BCUT2D eigenvalue weighted by atomic mass is 16.2. The van der Waals surface area contributed by atoms with Crippen molar-refractivity contribution in [3.05, 3.63) is 102 Å². The number of para-hydroxylation sites is 1. The van der Waals surface area contributed by atoms with E-state index in [9.17, 15) is 9.59 Å². The summed E-state index contributed by atoms with van der Waals surface area (Å²) < 4.78 is 0. The Kier molecular flexibility index (Phi) is 5.66. The van der Waals surface area contributed by atoms with E-state index >= 15 is 0 Å². The Balaban J connectivity index is 1.58. The summed E-state index contributed by atoms with van der Waals surface area (Å²) >= 11 is 0. The molecule has 0 bridgehead atoms. The van der Waals surface area contributed by atoms with Crippen molar-refractivity contribution in [2.45, 2.75) is 25.9 Å². The fraction of sp³-hybridized carbons (Fsp3) is 0.231. The van der Waals surface area contributed by atoms with Crippen LogP contribution in [-0.2, 0) is 22.7 Å². The van der Waals surface area contributed by atoms with Gasteiger partial charge in [0.15, 0.2) is 0 Å². The van der Waals surface area contributed by atoms with Gasteiger partial charge in [0.2, 0.25) is 11.8 Å². The highest BCUT2D eigenvalue weighted by molar-refractivity contribution is 6.13. The third kappa shape index (κ3) is 4.13. The van der Waals surface area contributed by atoms with Crippen LogP contribution in [0.3, 0.4) is 0 Å². The van der Waals surface area contributed by atoms with E-state index < -0.39 is 5.41 Å². The molecule has 30 heavy (non-hydrogen) atoms. The molecule has 1 aliphatic rings. The van der Waals surface area contributed by atoms with E-state index in [1.807, 2.05) is 91.0 Å². The molecule has 0 radical (unpaired) electrons. The SMILES string of the molecule is CN(Cc1ccccc1)C(=O)C1(C(=O)N(Cc2ccccc2)c2ccccc2)CC1. The highest BCUT2D eigenvalue weighted by Crippen LogP contribution is 2.49. The second kappa shape index (κ2) is 8.54. The molecule has 1 saturated carbocycles. The highest BCUT2D eigenvalue weighted by Gasteiger charge is 2.59. The predicted octanol–water partition coefficient (Wildman–Crippen LogP) is 4.66. The molecular formula is C26H26N2O2. The van der Waals surface area contributed by atoms with Crippen molar-refractivity contribution in [1.29, 1.82) is 0 Å². The Morgan fingerprint density at radius 2 is 1.17 bits per heavy atom. The number of carbonyl (C=O) groups is 2. The molecule has 4 nitrogen and oxygen atoms in total. The number of anilines is 1. The van der Waals surface area contributed by atoms with Crippen molar-refractivity contribution >= 4 is 17.5 Å². The van der Waals surface area contributed by atoms with Crippen molar-refractivity contribution in [2.24, 2.45) is 5.41 Å². The van der Waals surface area contributed by atoms with Gasteiger partial charge in [-0.3, -0.25) is 9.59 Å². The molecule has 1 fully saturated rings. The van der Waals surface area contributed by atoms with Crippen LogP contribution in [0.2, 0.25) is 0 Å². The van der Waals surface area contributed by atoms with Gasteiger partial charge in [-0.2, -0.15) is 0 Å². The van der Waals surface area contributed by atoms with Crippen LogP contribution < -0.4 is 4.90 Å². The number of hydrogen-bond donors (Lipinski definition) is 0. The fourth-order valence-electron chi connectivity index (χ4n) is 3.85. The van der Waals surface area contributed by atoms with Gasteiger partial charge in [0.1, 0.15) is 5.41 Å². The number of benzene rings is 3. The van der Waals surface area contributed by atoms with Gasteiger partial charge < -0.3 is 9.80 Å². The zero-order valence-corrected chi connectivity index (χ0v) is 17.2. The van der Waals surface area contributed by atoms with Crippen LogP contribution in [0.1, 0.15) is 24.0 Å². The molecule has 0 atom stereocenters. The summed E-state index contributed by atoms with van der Waals surface area (Å²) in [6.07, 6.45) is 1.20. The second-order valence-corrected chi connectivity index (χ2v) is 7.94. The molecule has 0 unspecified atom stereocenters. The van der Waals surface area contributed by atoms with Gasteiger partial charge in [-0.05, 0) is 36.1 Å². The maximum atomic E-state index is 13.7. The summed E-state index contributed by atoms with van der Waals surface area (Å²) in [5.41, 5.74) is 1.96. The Labute approximate surface area is 177 Å². The molecule has 0 saturated heterocycles. The Hall–Kier alpha value is -3.40.